The molecule has 3 aromatic rings. The predicted octanol–water partition coefficient (Wildman–Crippen LogP) is 6.01. The van der Waals surface area contributed by atoms with Gasteiger partial charge in [-0.25, -0.2) is 4.79 Å². The standard InChI is InChI=1S/C25H18BrClN2O4/c1-32-25(31)16-6-9-21(10-7-16)29-24(30)19(14-28)12-18-13-20(27)8-11-23(18)33-15-17-4-2-3-5-22(17)26/h2-13H,15H2,1H3,(H,29,30)/b19-12+. The lowest BCUT2D eigenvalue weighted by molar-refractivity contribution is -0.112. The zero-order chi connectivity index (χ0) is 23.8. The lowest BCUT2D eigenvalue weighted by Gasteiger charge is -2.11. The second kappa shape index (κ2) is 11.3. The number of carbonyl (C=O) groups excluding carboxylic acids is 2. The third kappa shape index (κ3) is 6.45. The van der Waals surface area contributed by atoms with E-state index >= 15 is 0 Å². The van der Waals surface area contributed by atoms with Gasteiger partial charge in [0.2, 0.25) is 0 Å². The van der Waals surface area contributed by atoms with E-state index in [0.29, 0.717) is 27.6 Å². The number of anilines is 1. The Hall–Kier alpha value is -3.60. The summed E-state index contributed by atoms with van der Waals surface area (Å²) in [5, 5.41) is 12.6. The Kier molecular flexibility index (Phi) is 8.25. The van der Waals surface area contributed by atoms with Crippen LogP contribution in [0.5, 0.6) is 5.75 Å². The first-order valence-corrected chi connectivity index (χ1v) is 10.9. The highest BCUT2D eigenvalue weighted by Crippen LogP contribution is 2.27. The lowest BCUT2D eigenvalue weighted by Crippen LogP contribution is -2.13. The number of hydrogen-bond donors (Lipinski definition) is 1. The maximum atomic E-state index is 12.7. The molecule has 166 valence electrons. The topological polar surface area (TPSA) is 88.4 Å². The minimum atomic E-state index is -0.611. The molecule has 33 heavy (non-hydrogen) atoms. The van der Waals surface area contributed by atoms with E-state index in [0.717, 1.165) is 10.0 Å². The molecule has 0 aliphatic rings. The SMILES string of the molecule is COC(=O)c1ccc(NC(=O)/C(C#N)=C/c2cc(Cl)ccc2OCc2ccccc2Br)cc1. The van der Waals surface area contributed by atoms with Gasteiger partial charge in [-0.3, -0.25) is 4.79 Å². The number of hydrogen-bond acceptors (Lipinski definition) is 5. The van der Waals surface area contributed by atoms with Gasteiger partial charge in [0.1, 0.15) is 24.0 Å². The average molecular weight is 526 g/mol. The first kappa shape index (κ1) is 24.1. The van der Waals surface area contributed by atoms with Crippen LogP contribution in [0, 0.1) is 11.3 Å². The van der Waals surface area contributed by atoms with Crippen molar-refractivity contribution < 1.29 is 19.1 Å². The number of nitriles is 1. The molecule has 0 atom stereocenters. The highest BCUT2D eigenvalue weighted by Gasteiger charge is 2.13. The molecule has 6 nitrogen and oxygen atoms in total. The quantitative estimate of drug-likeness (QED) is 0.232. The molecular formula is C25H18BrClN2O4. The van der Waals surface area contributed by atoms with E-state index < -0.39 is 11.9 Å². The number of esters is 1. The number of ether oxygens (including phenoxy) is 2. The van der Waals surface area contributed by atoms with Gasteiger partial charge in [-0.1, -0.05) is 45.7 Å². The molecule has 0 aliphatic heterocycles. The van der Waals surface area contributed by atoms with Crippen molar-refractivity contribution in [3.05, 3.63) is 98.5 Å². The molecule has 1 N–H and O–H groups in total. The third-order valence-corrected chi connectivity index (χ3v) is 5.55. The van der Waals surface area contributed by atoms with Crippen LogP contribution in [0.2, 0.25) is 5.02 Å². The zero-order valence-corrected chi connectivity index (χ0v) is 19.8. The van der Waals surface area contributed by atoms with Gasteiger partial charge in [-0.2, -0.15) is 5.26 Å². The van der Waals surface area contributed by atoms with Gasteiger partial charge in [-0.15, -0.1) is 0 Å². The van der Waals surface area contributed by atoms with Crippen molar-refractivity contribution in [3.63, 3.8) is 0 Å². The number of nitrogens with zero attached hydrogens (tertiary/aromatic N) is 1. The fourth-order valence-electron chi connectivity index (χ4n) is 2.84. The van der Waals surface area contributed by atoms with E-state index in [1.165, 1.54) is 25.3 Å². The molecule has 0 bridgehead atoms. The van der Waals surface area contributed by atoms with Gasteiger partial charge in [-0.05, 0) is 54.6 Å². The molecule has 3 aromatic carbocycles. The van der Waals surface area contributed by atoms with E-state index in [2.05, 4.69) is 26.0 Å². The van der Waals surface area contributed by atoms with Crippen molar-refractivity contribution in [2.24, 2.45) is 0 Å². The van der Waals surface area contributed by atoms with Gasteiger partial charge in [0.15, 0.2) is 0 Å². The maximum Gasteiger partial charge on any atom is 0.337 e. The maximum absolute atomic E-state index is 12.7. The Balaban J connectivity index is 1.80. The fraction of sp³-hybridized carbons (Fsp3) is 0.0800. The van der Waals surface area contributed by atoms with Crippen LogP contribution in [-0.4, -0.2) is 19.0 Å². The van der Waals surface area contributed by atoms with Gasteiger partial charge < -0.3 is 14.8 Å². The van der Waals surface area contributed by atoms with E-state index in [4.69, 9.17) is 16.3 Å². The summed E-state index contributed by atoms with van der Waals surface area (Å²) in [5.74, 6) is -0.625. The molecule has 0 spiro atoms. The summed E-state index contributed by atoms with van der Waals surface area (Å²) in [7, 11) is 1.29. The number of amides is 1. The van der Waals surface area contributed by atoms with Gasteiger partial charge in [0, 0.05) is 26.3 Å². The van der Waals surface area contributed by atoms with Gasteiger partial charge in [0.25, 0.3) is 5.91 Å². The normalized spacial score (nSPS) is 10.8. The summed E-state index contributed by atoms with van der Waals surface area (Å²) in [6.07, 6.45) is 1.42. The molecular weight excluding hydrogens is 508 g/mol. The smallest absolute Gasteiger partial charge is 0.337 e. The highest BCUT2D eigenvalue weighted by molar-refractivity contribution is 9.10. The second-order valence-electron chi connectivity index (χ2n) is 6.76. The number of carbonyl (C=O) groups is 2. The van der Waals surface area contributed by atoms with Crippen molar-refractivity contribution in [1.29, 1.82) is 5.26 Å². The second-order valence-corrected chi connectivity index (χ2v) is 8.05. The number of methoxy groups -OCH3 is 1. The predicted molar refractivity (Wildman–Crippen MR) is 130 cm³/mol. The Bertz CT molecular complexity index is 1250. The van der Waals surface area contributed by atoms with Gasteiger partial charge >= 0.3 is 5.97 Å². The van der Waals surface area contributed by atoms with Crippen molar-refractivity contribution in [2.45, 2.75) is 6.61 Å². The number of nitrogens with one attached hydrogen (secondary N) is 1. The Morgan fingerprint density at radius 3 is 2.52 bits per heavy atom. The van der Waals surface area contributed by atoms with Crippen LogP contribution in [0.15, 0.2) is 76.8 Å². The van der Waals surface area contributed by atoms with Crippen molar-refractivity contribution >= 4 is 51.2 Å². The summed E-state index contributed by atoms with van der Waals surface area (Å²) >= 11 is 9.62. The molecule has 0 radical (unpaired) electrons. The minimum absolute atomic E-state index is 0.139. The zero-order valence-electron chi connectivity index (χ0n) is 17.5. The lowest BCUT2D eigenvalue weighted by atomic mass is 10.1. The van der Waals surface area contributed by atoms with Crippen LogP contribution < -0.4 is 10.1 Å². The summed E-state index contributed by atoms with van der Waals surface area (Å²) in [6, 6.07) is 20.7. The van der Waals surface area contributed by atoms with E-state index in [1.54, 1.807) is 30.3 Å². The first-order chi connectivity index (χ1) is 15.9. The summed E-state index contributed by atoms with van der Waals surface area (Å²) in [4.78, 5) is 24.2. The van der Waals surface area contributed by atoms with Crippen LogP contribution in [0.4, 0.5) is 5.69 Å². The summed E-state index contributed by atoms with van der Waals surface area (Å²) < 4.78 is 11.5. The third-order valence-electron chi connectivity index (χ3n) is 4.54. The first-order valence-electron chi connectivity index (χ1n) is 9.68. The van der Waals surface area contributed by atoms with Crippen LogP contribution >= 0.6 is 27.5 Å². The van der Waals surface area contributed by atoms with E-state index in [1.807, 2.05) is 30.3 Å². The minimum Gasteiger partial charge on any atom is -0.488 e. The molecule has 0 unspecified atom stereocenters. The van der Waals surface area contributed by atoms with Crippen molar-refractivity contribution in [3.8, 4) is 11.8 Å². The molecule has 0 saturated heterocycles. The molecule has 8 heteroatoms. The fourth-order valence-corrected chi connectivity index (χ4v) is 3.42. The number of benzene rings is 3. The molecule has 1 amide bonds. The number of halogens is 2. The molecule has 0 fully saturated rings. The highest BCUT2D eigenvalue weighted by atomic mass is 79.9. The van der Waals surface area contributed by atoms with Crippen LogP contribution in [0.1, 0.15) is 21.5 Å². The van der Waals surface area contributed by atoms with Crippen LogP contribution in [0.3, 0.4) is 0 Å². The van der Waals surface area contributed by atoms with Crippen molar-refractivity contribution in [1.82, 2.24) is 0 Å². The molecule has 0 saturated carbocycles. The molecule has 3 rings (SSSR count). The Labute approximate surface area is 204 Å². The Morgan fingerprint density at radius 1 is 1.12 bits per heavy atom. The van der Waals surface area contributed by atoms with E-state index in [-0.39, 0.29) is 12.2 Å². The molecule has 0 aromatic heterocycles. The largest absolute Gasteiger partial charge is 0.488 e. The van der Waals surface area contributed by atoms with E-state index in [9.17, 15) is 14.9 Å². The number of rotatable bonds is 7. The van der Waals surface area contributed by atoms with Gasteiger partial charge in [0.05, 0.1) is 12.7 Å². The summed E-state index contributed by atoms with van der Waals surface area (Å²) in [6.45, 7) is 0.282. The van der Waals surface area contributed by atoms with Crippen LogP contribution in [-0.2, 0) is 16.1 Å². The van der Waals surface area contributed by atoms with Crippen LogP contribution in [0.25, 0.3) is 6.08 Å². The monoisotopic (exact) mass is 524 g/mol. The average Bonchev–Trinajstić information content (AvgIpc) is 2.82. The Morgan fingerprint density at radius 2 is 1.85 bits per heavy atom. The van der Waals surface area contributed by atoms with Crippen molar-refractivity contribution in [2.75, 3.05) is 12.4 Å². The molecule has 0 aliphatic carbocycles. The summed E-state index contributed by atoms with van der Waals surface area (Å²) in [5.41, 5.74) is 2.06. The molecule has 0 heterocycles.